The van der Waals surface area contributed by atoms with Crippen molar-refractivity contribution in [1.82, 2.24) is 4.90 Å². The molecule has 1 N–H and O–H groups in total. The first kappa shape index (κ1) is 13.3. The molecule has 0 amide bonds. The van der Waals surface area contributed by atoms with Crippen molar-refractivity contribution in [2.24, 2.45) is 11.3 Å². The smallest absolute Gasteiger partial charge is 0.0710 e. The second-order valence-corrected chi connectivity index (χ2v) is 6.49. The molecule has 100 valence electrons. The summed E-state index contributed by atoms with van der Waals surface area (Å²) in [7, 11) is 1.80. The average Bonchev–Trinajstić information content (AvgIpc) is 2.72. The molecule has 1 aliphatic heterocycles. The van der Waals surface area contributed by atoms with Crippen molar-refractivity contribution in [3.05, 3.63) is 0 Å². The van der Waals surface area contributed by atoms with Gasteiger partial charge in [0.1, 0.15) is 0 Å². The lowest BCUT2D eigenvalue weighted by atomic mass is 9.69. The largest absolute Gasteiger partial charge is 0.392 e. The van der Waals surface area contributed by atoms with E-state index in [9.17, 15) is 5.11 Å². The molecule has 1 aliphatic carbocycles. The summed E-state index contributed by atoms with van der Waals surface area (Å²) in [5.41, 5.74) is 0.100. The molecule has 1 saturated heterocycles. The quantitative estimate of drug-likeness (QED) is 0.819. The van der Waals surface area contributed by atoms with Gasteiger partial charge in [-0.1, -0.05) is 20.3 Å². The monoisotopic (exact) mass is 241 g/mol. The Bertz CT molecular complexity index is 255. The van der Waals surface area contributed by atoms with E-state index in [1.54, 1.807) is 7.11 Å². The van der Waals surface area contributed by atoms with Crippen LogP contribution in [0.25, 0.3) is 0 Å². The molecular formula is C14H27NO2. The van der Waals surface area contributed by atoms with Crippen LogP contribution in [0.5, 0.6) is 0 Å². The lowest BCUT2D eigenvalue weighted by Gasteiger charge is -2.42. The molecule has 0 bridgehead atoms. The maximum Gasteiger partial charge on any atom is 0.0710 e. The van der Waals surface area contributed by atoms with Gasteiger partial charge in [-0.2, -0.15) is 0 Å². The van der Waals surface area contributed by atoms with Crippen molar-refractivity contribution in [3.63, 3.8) is 0 Å². The lowest BCUT2D eigenvalue weighted by molar-refractivity contribution is -0.0421. The van der Waals surface area contributed by atoms with Crippen molar-refractivity contribution in [2.75, 3.05) is 26.7 Å². The van der Waals surface area contributed by atoms with Crippen LogP contribution in [0.15, 0.2) is 0 Å². The van der Waals surface area contributed by atoms with Gasteiger partial charge < -0.3 is 14.7 Å². The minimum Gasteiger partial charge on any atom is -0.392 e. The van der Waals surface area contributed by atoms with Gasteiger partial charge in [-0.3, -0.25) is 0 Å². The Morgan fingerprint density at radius 1 is 1.35 bits per heavy atom. The van der Waals surface area contributed by atoms with Crippen molar-refractivity contribution >= 4 is 0 Å². The third kappa shape index (κ3) is 3.01. The van der Waals surface area contributed by atoms with Gasteiger partial charge in [0.15, 0.2) is 0 Å². The molecule has 17 heavy (non-hydrogen) atoms. The van der Waals surface area contributed by atoms with E-state index >= 15 is 0 Å². The maximum atomic E-state index is 10.4. The summed E-state index contributed by atoms with van der Waals surface area (Å²) < 4.78 is 5.39. The predicted octanol–water partition coefficient (Wildman–Crippen LogP) is 1.89. The van der Waals surface area contributed by atoms with Gasteiger partial charge in [0.2, 0.25) is 0 Å². The minimum atomic E-state index is -0.141. The van der Waals surface area contributed by atoms with Gasteiger partial charge in [-0.15, -0.1) is 0 Å². The van der Waals surface area contributed by atoms with E-state index in [1.165, 1.54) is 12.8 Å². The van der Waals surface area contributed by atoms with Crippen LogP contribution in [0.4, 0.5) is 0 Å². The standard InChI is InChI=1S/C14H27NO2/c1-14(2)7-4-5-11(13(14)16)9-15-8-6-12(10-15)17-3/h11-13,16H,4-10H2,1-3H3. The Labute approximate surface area is 105 Å². The number of ether oxygens (including phenoxy) is 1. The fraction of sp³-hybridized carbons (Fsp3) is 1.00. The molecule has 0 aromatic carbocycles. The first-order chi connectivity index (χ1) is 8.03. The number of aliphatic hydroxyl groups is 1. The highest BCUT2D eigenvalue weighted by Gasteiger charge is 2.38. The summed E-state index contributed by atoms with van der Waals surface area (Å²) in [6, 6.07) is 0. The van der Waals surface area contributed by atoms with Crippen LogP contribution in [-0.4, -0.2) is 49.0 Å². The van der Waals surface area contributed by atoms with Crippen LogP contribution in [0, 0.1) is 11.3 Å². The Morgan fingerprint density at radius 2 is 2.12 bits per heavy atom. The summed E-state index contributed by atoms with van der Waals surface area (Å²) in [4.78, 5) is 2.46. The van der Waals surface area contributed by atoms with Gasteiger partial charge in [-0.25, -0.2) is 0 Å². The van der Waals surface area contributed by atoms with Crippen LogP contribution < -0.4 is 0 Å². The fourth-order valence-electron chi connectivity index (χ4n) is 3.44. The molecule has 3 nitrogen and oxygen atoms in total. The topological polar surface area (TPSA) is 32.7 Å². The first-order valence-corrected chi connectivity index (χ1v) is 6.96. The highest BCUT2D eigenvalue weighted by atomic mass is 16.5. The Hall–Kier alpha value is -0.120. The number of likely N-dealkylation sites (tertiary alicyclic amines) is 1. The minimum absolute atomic E-state index is 0.100. The Balaban J connectivity index is 1.86. The normalized spacial score (nSPS) is 38.5. The van der Waals surface area contributed by atoms with Gasteiger partial charge in [0, 0.05) is 26.7 Å². The number of hydrogen-bond acceptors (Lipinski definition) is 3. The van der Waals surface area contributed by atoms with E-state index in [0.717, 1.165) is 32.5 Å². The first-order valence-electron chi connectivity index (χ1n) is 6.96. The highest BCUT2D eigenvalue weighted by molar-refractivity contribution is 4.90. The van der Waals surface area contributed by atoms with E-state index < -0.39 is 0 Å². The van der Waals surface area contributed by atoms with Crippen molar-refractivity contribution in [1.29, 1.82) is 0 Å². The molecule has 2 fully saturated rings. The number of methoxy groups -OCH3 is 1. The number of rotatable bonds is 3. The lowest BCUT2D eigenvalue weighted by Crippen LogP contribution is -2.44. The summed E-state index contributed by atoms with van der Waals surface area (Å²) >= 11 is 0. The second-order valence-electron chi connectivity index (χ2n) is 6.49. The Morgan fingerprint density at radius 3 is 2.76 bits per heavy atom. The van der Waals surface area contributed by atoms with E-state index in [2.05, 4.69) is 18.7 Å². The van der Waals surface area contributed by atoms with E-state index in [0.29, 0.717) is 12.0 Å². The molecule has 3 unspecified atom stereocenters. The summed E-state index contributed by atoms with van der Waals surface area (Å²) in [5.74, 6) is 0.453. The van der Waals surface area contributed by atoms with E-state index in [1.807, 2.05) is 0 Å². The van der Waals surface area contributed by atoms with Crippen LogP contribution in [0.1, 0.15) is 39.5 Å². The van der Waals surface area contributed by atoms with Crippen LogP contribution in [0.3, 0.4) is 0 Å². The molecule has 3 atom stereocenters. The van der Waals surface area contributed by atoms with Gasteiger partial charge in [-0.05, 0) is 30.6 Å². The zero-order valence-electron chi connectivity index (χ0n) is 11.5. The molecule has 0 radical (unpaired) electrons. The SMILES string of the molecule is COC1CCN(CC2CCCC(C)(C)C2O)C1. The zero-order valence-corrected chi connectivity index (χ0v) is 11.5. The Kier molecular flexibility index (Phi) is 4.11. The summed E-state index contributed by atoms with van der Waals surface area (Å²) in [5, 5.41) is 10.4. The van der Waals surface area contributed by atoms with Crippen LogP contribution >= 0.6 is 0 Å². The molecule has 3 heteroatoms. The second kappa shape index (κ2) is 5.25. The molecule has 0 spiro atoms. The predicted molar refractivity (Wildman–Crippen MR) is 69.0 cm³/mol. The third-order valence-electron chi connectivity index (χ3n) is 4.70. The summed E-state index contributed by atoms with van der Waals surface area (Å²) in [6.45, 7) is 7.62. The molecule has 2 aliphatic rings. The molecule has 2 rings (SSSR count). The van der Waals surface area contributed by atoms with Gasteiger partial charge >= 0.3 is 0 Å². The van der Waals surface area contributed by atoms with Gasteiger partial charge in [0.25, 0.3) is 0 Å². The molecule has 1 heterocycles. The number of aliphatic hydroxyl groups excluding tert-OH is 1. The van der Waals surface area contributed by atoms with Gasteiger partial charge in [0.05, 0.1) is 12.2 Å². The molecular weight excluding hydrogens is 214 g/mol. The van der Waals surface area contributed by atoms with E-state index in [4.69, 9.17) is 4.74 Å². The van der Waals surface area contributed by atoms with Crippen molar-refractivity contribution in [3.8, 4) is 0 Å². The van der Waals surface area contributed by atoms with Crippen LogP contribution in [0.2, 0.25) is 0 Å². The van der Waals surface area contributed by atoms with E-state index in [-0.39, 0.29) is 11.5 Å². The molecule has 0 aromatic heterocycles. The molecule has 0 aromatic rings. The average molecular weight is 241 g/mol. The zero-order chi connectivity index (χ0) is 12.5. The fourth-order valence-corrected chi connectivity index (χ4v) is 3.44. The van der Waals surface area contributed by atoms with Crippen molar-refractivity contribution < 1.29 is 9.84 Å². The highest BCUT2D eigenvalue weighted by Crippen LogP contribution is 2.39. The maximum absolute atomic E-state index is 10.4. The number of hydrogen-bond donors (Lipinski definition) is 1. The van der Waals surface area contributed by atoms with Crippen LogP contribution in [-0.2, 0) is 4.74 Å². The number of nitrogens with zero attached hydrogens (tertiary/aromatic N) is 1. The molecule has 1 saturated carbocycles. The summed E-state index contributed by atoms with van der Waals surface area (Å²) in [6.07, 6.45) is 5.00. The third-order valence-corrected chi connectivity index (χ3v) is 4.70. The van der Waals surface area contributed by atoms with Crippen molar-refractivity contribution in [2.45, 2.75) is 51.7 Å².